The van der Waals surface area contributed by atoms with Crippen molar-refractivity contribution < 1.29 is 9.52 Å². The largest absolute Gasteiger partial charge is 0.417 e. The van der Waals surface area contributed by atoms with Crippen LogP contribution in [0.3, 0.4) is 0 Å². The maximum absolute atomic E-state index is 11.1. The van der Waals surface area contributed by atoms with E-state index >= 15 is 0 Å². The number of hydrogen-bond donors (Lipinski definition) is 3. The molecule has 1 heterocycles. The molecule has 2 aromatic rings. The van der Waals surface area contributed by atoms with Crippen molar-refractivity contribution in [1.82, 2.24) is 10.3 Å². The third-order valence-corrected chi connectivity index (χ3v) is 3.06. The molecule has 0 fully saturated rings. The minimum Gasteiger partial charge on any atom is -0.408 e. The molecular formula is C13H18N2O3. The zero-order valence-corrected chi connectivity index (χ0v) is 10.6. The lowest BCUT2D eigenvalue weighted by Gasteiger charge is -2.25. The van der Waals surface area contributed by atoms with Gasteiger partial charge in [-0.2, -0.15) is 0 Å². The van der Waals surface area contributed by atoms with Crippen LogP contribution in [0.2, 0.25) is 0 Å². The van der Waals surface area contributed by atoms with Gasteiger partial charge in [-0.15, -0.1) is 0 Å². The highest BCUT2D eigenvalue weighted by atomic mass is 16.4. The number of rotatable bonds is 5. The number of fused-ring (bicyclic) bond motifs is 1. The van der Waals surface area contributed by atoms with Crippen LogP contribution in [0.4, 0.5) is 0 Å². The fourth-order valence-corrected chi connectivity index (χ4v) is 1.95. The Morgan fingerprint density at radius 2 is 2.22 bits per heavy atom. The van der Waals surface area contributed by atoms with Gasteiger partial charge in [-0.05, 0) is 17.7 Å². The zero-order valence-electron chi connectivity index (χ0n) is 10.6. The molecule has 0 saturated carbocycles. The Balaban J connectivity index is 2.25. The number of aromatic amines is 1. The molecule has 98 valence electrons. The van der Waals surface area contributed by atoms with Gasteiger partial charge in [-0.25, -0.2) is 4.79 Å². The SMILES string of the molecule is CC(C)(CNCCO)c1ccc2oc(=O)[nH]c2c1. The number of aliphatic hydroxyl groups is 1. The Morgan fingerprint density at radius 1 is 1.44 bits per heavy atom. The van der Waals surface area contributed by atoms with Gasteiger partial charge in [0.1, 0.15) is 0 Å². The summed E-state index contributed by atoms with van der Waals surface area (Å²) in [6, 6.07) is 5.69. The van der Waals surface area contributed by atoms with E-state index in [1.807, 2.05) is 12.1 Å². The first-order valence-corrected chi connectivity index (χ1v) is 5.98. The van der Waals surface area contributed by atoms with Crippen molar-refractivity contribution in [2.24, 2.45) is 0 Å². The standard InChI is InChI=1S/C13H18N2O3/c1-13(2,8-14-5-6-16)9-3-4-11-10(7-9)15-12(17)18-11/h3-4,7,14,16H,5-6,8H2,1-2H3,(H,15,17). The van der Waals surface area contributed by atoms with Gasteiger partial charge in [-0.1, -0.05) is 19.9 Å². The normalized spacial score (nSPS) is 12.2. The first-order chi connectivity index (χ1) is 8.53. The molecule has 0 atom stereocenters. The molecule has 0 aliphatic rings. The van der Waals surface area contributed by atoms with Gasteiger partial charge in [0.25, 0.3) is 0 Å². The highest BCUT2D eigenvalue weighted by molar-refractivity contribution is 5.73. The second-order valence-electron chi connectivity index (χ2n) is 5.01. The van der Waals surface area contributed by atoms with Crippen LogP contribution in [0.15, 0.2) is 27.4 Å². The molecule has 0 bridgehead atoms. The van der Waals surface area contributed by atoms with Crippen molar-refractivity contribution >= 4 is 11.1 Å². The Labute approximate surface area is 105 Å². The van der Waals surface area contributed by atoms with Crippen LogP contribution < -0.4 is 11.1 Å². The van der Waals surface area contributed by atoms with Crippen LogP contribution in [0.5, 0.6) is 0 Å². The van der Waals surface area contributed by atoms with Gasteiger partial charge >= 0.3 is 5.76 Å². The lowest BCUT2D eigenvalue weighted by atomic mass is 9.84. The van der Waals surface area contributed by atoms with Gasteiger partial charge in [-0.3, -0.25) is 4.98 Å². The minimum atomic E-state index is -0.432. The summed E-state index contributed by atoms with van der Waals surface area (Å²) in [5.41, 5.74) is 2.31. The predicted molar refractivity (Wildman–Crippen MR) is 69.8 cm³/mol. The Bertz CT molecular complexity index is 583. The molecule has 0 spiro atoms. The van der Waals surface area contributed by atoms with Crippen molar-refractivity contribution in [3.05, 3.63) is 34.3 Å². The molecule has 1 aromatic heterocycles. The number of H-pyrrole nitrogens is 1. The molecule has 18 heavy (non-hydrogen) atoms. The van der Waals surface area contributed by atoms with E-state index in [1.165, 1.54) is 0 Å². The van der Waals surface area contributed by atoms with Crippen molar-refractivity contribution in [2.75, 3.05) is 19.7 Å². The lowest BCUT2D eigenvalue weighted by Crippen LogP contribution is -2.34. The summed E-state index contributed by atoms with van der Waals surface area (Å²) in [6.07, 6.45) is 0. The molecule has 1 aromatic carbocycles. The summed E-state index contributed by atoms with van der Waals surface area (Å²) >= 11 is 0. The molecule has 2 rings (SSSR count). The van der Waals surface area contributed by atoms with Gasteiger partial charge in [0.05, 0.1) is 12.1 Å². The number of aliphatic hydroxyl groups excluding tert-OH is 1. The summed E-state index contributed by atoms with van der Waals surface area (Å²) < 4.78 is 4.97. The Kier molecular flexibility index (Phi) is 3.54. The third kappa shape index (κ3) is 2.63. The van der Waals surface area contributed by atoms with E-state index in [4.69, 9.17) is 9.52 Å². The fourth-order valence-electron chi connectivity index (χ4n) is 1.95. The quantitative estimate of drug-likeness (QED) is 0.691. The first-order valence-electron chi connectivity index (χ1n) is 5.98. The van der Waals surface area contributed by atoms with Crippen LogP contribution in [-0.2, 0) is 5.41 Å². The molecule has 0 unspecified atom stereocenters. The van der Waals surface area contributed by atoms with Crippen molar-refractivity contribution in [3.63, 3.8) is 0 Å². The maximum atomic E-state index is 11.1. The minimum absolute atomic E-state index is 0.0858. The highest BCUT2D eigenvalue weighted by Gasteiger charge is 2.20. The van der Waals surface area contributed by atoms with Crippen molar-refractivity contribution in [3.8, 4) is 0 Å². The second-order valence-corrected chi connectivity index (χ2v) is 5.01. The van der Waals surface area contributed by atoms with Crippen LogP contribution in [-0.4, -0.2) is 29.8 Å². The van der Waals surface area contributed by atoms with E-state index in [0.717, 1.165) is 12.1 Å². The van der Waals surface area contributed by atoms with E-state index in [-0.39, 0.29) is 12.0 Å². The predicted octanol–water partition coefficient (Wildman–Crippen LogP) is 0.981. The average Bonchev–Trinajstić information content (AvgIpc) is 2.68. The molecule has 5 nitrogen and oxygen atoms in total. The van der Waals surface area contributed by atoms with Crippen LogP contribution in [0.1, 0.15) is 19.4 Å². The molecule has 0 aliphatic heterocycles. The summed E-state index contributed by atoms with van der Waals surface area (Å²) in [5, 5.41) is 11.9. The third-order valence-electron chi connectivity index (χ3n) is 3.06. The first kappa shape index (κ1) is 12.9. The lowest BCUT2D eigenvalue weighted by molar-refractivity contribution is 0.286. The average molecular weight is 250 g/mol. The summed E-state index contributed by atoms with van der Waals surface area (Å²) in [6.45, 7) is 5.67. The molecule has 0 saturated heterocycles. The van der Waals surface area contributed by atoms with Crippen molar-refractivity contribution in [2.45, 2.75) is 19.3 Å². The fraction of sp³-hybridized carbons (Fsp3) is 0.462. The molecule has 5 heteroatoms. The number of benzene rings is 1. The summed E-state index contributed by atoms with van der Waals surface area (Å²) in [7, 11) is 0. The van der Waals surface area contributed by atoms with E-state index in [1.54, 1.807) is 6.07 Å². The van der Waals surface area contributed by atoms with E-state index in [2.05, 4.69) is 24.1 Å². The van der Waals surface area contributed by atoms with Crippen molar-refractivity contribution in [1.29, 1.82) is 0 Å². The monoisotopic (exact) mass is 250 g/mol. The van der Waals surface area contributed by atoms with Crippen LogP contribution in [0.25, 0.3) is 11.1 Å². The van der Waals surface area contributed by atoms with Gasteiger partial charge in [0, 0.05) is 18.5 Å². The number of hydrogen-bond acceptors (Lipinski definition) is 4. The topological polar surface area (TPSA) is 78.3 Å². The molecule has 0 amide bonds. The van der Waals surface area contributed by atoms with Crippen LogP contribution in [0, 0.1) is 0 Å². The number of aromatic nitrogens is 1. The molecule has 0 aliphatic carbocycles. The molecule has 3 N–H and O–H groups in total. The van der Waals surface area contributed by atoms with Crippen LogP contribution >= 0.6 is 0 Å². The molecular weight excluding hydrogens is 232 g/mol. The van der Waals surface area contributed by atoms with Gasteiger partial charge in [0.15, 0.2) is 5.58 Å². The van der Waals surface area contributed by atoms with E-state index in [0.29, 0.717) is 17.6 Å². The van der Waals surface area contributed by atoms with Gasteiger partial charge < -0.3 is 14.8 Å². The number of oxazole rings is 1. The summed E-state index contributed by atoms with van der Waals surface area (Å²) in [4.78, 5) is 13.8. The summed E-state index contributed by atoms with van der Waals surface area (Å²) in [5.74, 6) is -0.432. The Hall–Kier alpha value is -1.59. The number of nitrogens with one attached hydrogen (secondary N) is 2. The van der Waals surface area contributed by atoms with E-state index < -0.39 is 5.76 Å². The second kappa shape index (κ2) is 4.96. The van der Waals surface area contributed by atoms with Gasteiger partial charge in [0.2, 0.25) is 0 Å². The smallest absolute Gasteiger partial charge is 0.408 e. The Morgan fingerprint density at radius 3 is 2.94 bits per heavy atom. The maximum Gasteiger partial charge on any atom is 0.417 e. The molecule has 0 radical (unpaired) electrons. The zero-order chi connectivity index (χ0) is 13.2. The highest BCUT2D eigenvalue weighted by Crippen LogP contribution is 2.25. The van der Waals surface area contributed by atoms with E-state index in [9.17, 15) is 4.79 Å².